The molecule has 0 fully saturated rings. The fourth-order valence-electron chi connectivity index (χ4n) is 2.19. The Kier molecular flexibility index (Phi) is 4.86. The number of esters is 1. The Morgan fingerprint density at radius 1 is 1.12 bits per heavy atom. The van der Waals surface area contributed by atoms with Crippen molar-refractivity contribution in [3.05, 3.63) is 72.2 Å². The van der Waals surface area contributed by atoms with Crippen molar-refractivity contribution in [1.82, 2.24) is 14.8 Å². The summed E-state index contributed by atoms with van der Waals surface area (Å²) in [5.41, 5.74) is 2.16. The number of rotatable bonds is 6. The van der Waals surface area contributed by atoms with E-state index in [1.807, 2.05) is 43.5 Å². The molecule has 1 aromatic carbocycles. The Balaban J connectivity index is 1.64. The summed E-state index contributed by atoms with van der Waals surface area (Å²) in [7, 11) is 0. The topological polar surface area (TPSA) is 66.2 Å². The molecule has 0 radical (unpaired) electrons. The van der Waals surface area contributed by atoms with Crippen molar-refractivity contribution in [3.63, 3.8) is 0 Å². The number of benzene rings is 1. The molecule has 0 bridgehead atoms. The van der Waals surface area contributed by atoms with E-state index in [4.69, 9.17) is 9.47 Å². The molecule has 0 aliphatic rings. The number of nitrogens with zero attached hydrogens (tertiary/aromatic N) is 3. The first-order chi connectivity index (χ1) is 11.8. The minimum absolute atomic E-state index is 0.179. The minimum atomic E-state index is -0.456. The lowest BCUT2D eigenvalue weighted by molar-refractivity contribution is 0.0467. The van der Waals surface area contributed by atoms with E-state index < -0.39 is 5.97 Å². The van der Waals surface area contributed by atoms with Crippen LogP contribution in [-0.2, 0) is 11.3 Å². The fourth-order valence-corrected chi connectivity index (χ4v) is 2.19. The standard InChI is InChI=1S/C18H17N3O3/c1-2-23-17-16(5-3-10-19-17)18(22)24-13-14-6-8-15(9-7-14)21-12-4-11-20-21/h3-12H,2,13H2,1H3. The average molecular weight is 323 g/mol. The summed E-state index contributed by atoms with van der Waals surface area (Å²) in [4.78, 5) is 16.3. The first-order valence-corrected chi connectivity index (χ1v) is 7.62. The van der Waals surface area contributed by atoms with Gasteiger partial charge >= 0.3 is 5.97 Å². The summed E-state index contributed by atoms with van der Waals surface area (Å²) >= 11 is 0. The normalized spacial score (nSPS) is 10.4. The lowest BCUT2D eigenvalue weighted by Crippen LogP contribution is -2.09. The van der Waals surface area contributed by atoms with Crippen LogP contribution in [0.2, 0.25) is 0 Å². The highest BCUT2D eigenvalue weighted by molar-refractivity contribution is 5.91. The average Bonchev–Trinajstić information content (AvgIpc) is 3.15. The van der Waals surface area contributed by atoms with Gasteiger partial charge in [-0.25, -0.2) is 14.5 Å². The van der Waals surface area contributed by atoms with Crippen molar-refractivity contribution in [2.45, 2.75) is 13.5 Å². The van der Waals surface area contributed by atoms with Crippen LogP contribution in [0.3, 0.4) is 0 Å². The second kappa shape index (κ2) is 7.41. The van der Waals surface area contributed by atoms with E-state index in [1.54, 1.807) is 29.2 Å². The molecule has 0 atom stereocenters. The third-order valence-corrected chi connectivity index (χ3v) is 3.35. The Morgan fingerprint density at radius 2 is 1.96 bits per heavy atom. The van der Waals surface area contributed by atoms with E-state index >= 15 is 0 Å². The van der Waals surface area contributed by atoms with Crippen LogP contribution in [0.4, 0.5) is 0 Å². The van der Waals surface area contributed by atoms with Gasteiger partial charge in [0.25, 0.3) is 0 Å². The van der Waals surface area contributed by atoms with Gasteiger partial charge in [0.1, 0.15) is 12.2 Å². The number of pyridine rings is 1. The zero-order chi connectivity index (χ0) is 16.8. The molecule has 0 amide bonds. The molecule has 0 saturated heterocycles. The van der Waals surface area contributed by atoms with E-state index in [2.05, 4.69) is 10.1 Å². The molecule has 2 heterocycles. The molecule has 3 aromatic rings. The Bertz CT molecular complexity index is 799. The van der Waals surface area contributed by atoms with Crippen molar-refractivity contribution >= 4 is 5.97 Å². The van der Waals surface area contributed by atoms with Crippen LogP contribution in [0.1, 0.15) is 22.8 Å². The summed E-state index contributed by atoms with van der Waals surface area (Å²) in [6.07, 6.45) is 5.17. The van der Waals surface area contributed by atoms with Crippen LogP contribution in [-0.4, -0.2) is 27.3 Å². The van der Waals surface area contributed by atoms with Gasteiger partial charge in [0.05, 0.1) is 12.3 Å². The summed E-state index contributed by atoms with van der Waals surface area (Å²) in [6, 6.07) is 12.8. The van der Waals surface area contributed by atoms with Gasteiger partial charge in [-0.05, 0) is 42.8 Å². The highest BCUT2D eigenvalue weighted by Crippen LogP contribution is 2.17. The molecule has 6 heteroatoms. The molecular formula is C18H17N3O3. The number of carbonyl (C=O) groups is 1. The van der Waals surface area contributed by atoms with Crippen LogP contribution in [0.25, 0.3) is 5.69 Å². The van der Waals surface area contributed by atoms with Crippen molar-refractivity contribution in [2.24, 2.45) is 0 Å². The number of carbonyl (C=O) groups excluding carboxylic acids is 1. The van der Waals surface area contributed by atoms with Gasteiger partial charge in [-0.2, -0.15) is 5.10 Å². The monoisotopic (exact) mass is 323 g/mol. The molecule has 0 N–H and O–H groups in total. The third-order valence-electron chi connectivity index (χ3n) is 3.35. The van der Waals surface area contributed by atoms with Crippen LogP contribution in [0.15, 0.2) is 61.1 Å². The maximum atomic E-state index is 12.2. The summed E-state index contributed by atoms with van der Waals surface area (Å²) in [5.74, 6) is -0.165. The largest absolute Gasteiger partial charge is 0.477 e. The Morgan fingerprint density at radius 3 is 2.67 bits per heavy atom. The van der Waals surface area contributed by atoms with E-state index in [0.717, 1.165) is 11.3 Å². The predicted octanol–water partition coefficient (Wildman–Crippen LogP) is 3.02. The molecule has 2 aromatic heterocycles. The van der Waals surface area contributed by atoms with Crippen LogP contribution in [0.5, 0.6) is 5.88 Å². The molecule has 0 unspecified atom stereocenters. The smallest absolute Gasteiger partial charge is 0.343 e. The molecule has 0 saturated carbocycles. The van der Waals surface area contributed by atoms with Gasteiger partial charge in [-0.3, -0.25) is 0 Å². The van der Waals surface area contributed by atoms with Crippen LogP contribution >= 0.6 is 0 Å². The fraction of sp³-hybridized carbons (Fsp3) is 0.167. The Labute approximate surface area is 139 Å². The molecule has 3 rings (SSSR count). The molecule has 24 heavy (non-hydrogen) atoms. The first kappa shape index (κ1) is 15.7. The van der Waals surface area contributed by atoms with E-state index in [9.17, 15) is 4.79 Å². The minimum Gasteiger partial charge on any atom is -0.477 e. The molecule has 6 nitrogen and oxygen atoms in total. The van der Waals surface area contributed by atoms with Gasteiger partial charge < -0.3 is 9.47 Å². The Hall–Kier alpha value is -3.15. The van der Waals surface area contributed by atoms with Crippen molar-refractivity contribution in [1.29, 1.82) is 0 Å². The highest BCUT2D eigenvalue weighted by Gasteiger charge is 2.14. The van der Waals surface area contributed by atoms with E-state index in [1.165, 1.54) is 0 Å². The first-order valence-electron chi connectivity index (χ1n) is 7.62. The number of hydrogen-bond acceptors (Lipinski definition) is 5. The molecule has 122 valence electrons. The lowest BCUT2D eigenvalue weighted by atomic mass is 10.2. The molecule has 0 aliphatic carbocycles. The maximum absolute atomic E-state index is 12.2. The molecular weight excluding hydrogens is 306 g/mol. The quantitative estimate of drug-likeness (QED) is 0.652. The summed E-state index contributed by atoms with van der Waals surface area (Å²) in [6.45, 7) is 2.45. The second-order valence-corrected chi connectivity index (χ2v) is 4.98. The third kappa shape index (κ3) is 3.60. The van der Waals surface area contributed by atoms with Crippen LogP contribution in [0, 0.1) is 0 Å². The lowest BCUT2D eigenvalue weighted by Gasteiger charge is -2.09. The van der Waals surface area contributed by atoms with Gasteiger partial charge in [0, 0.05) is 18.6 Å². The van der Waals surface area contributed by atoms with Crippen molar-refractivity contribution in [3.8, 4) is 11.6 Å². The summed E-state index contributed by atoms with van der Waals surface area (Å²) in [5, 5.41) is 4.17. The van der Waals surface area contributed by atoms with Gasteiger partial charge in [0.15, 0.2) is 0 Å². The SMILES string of the molecule is CCOc1ncccc1C(=O)OCc1ccc(-n2cccn2)cc1. The van der Waals surface area contributed by atoms with Gasteiger partial charge in [-0.15, -0.1) is 0 Å². The molecule has 0 aliphatic heterocycles. The van der Waals surface area contributed by atoms with E-state index in [-0.39, 0.29) is 6.61 Å². The van der Waals surface area contributed by atoms with Crippen molar-refractivity contribution < 1.29 is 14.3 Å². The van der Waals surface area contributed by atoms with Gasteiger partial charge in [-0.1, -0.05) is 12.1 Å². The number of hydrogen-bond donors (Lipinski definition) is 0. The second-order valence-electron chi connectivity index (χ2n) is 4.98. The van der Waals surface area contributed by atoms with Crippen molar-refractivity contribution in [2.75, 3.05) is 6.61 Å². The zero-order valence-electron chi connectivity index (χ0n) is 13.3. The zero-order valence-corrected chi connectivity index (χ0v) is 13.3. The van der Waals surface area contributed by atoms with Crippen LogP contribution < -0.4 is 4.74 Å². The summed E-state index contributed by atoms with van der Waals surface area (Å²) < 4.78 is 12.5. The molecule has 0 spiro atoms. The maximum Gasteiger partial charge on any atom is 0.343 e. The van der Waals surface area contributed by atoms with Gasteiger partial charge in [0.2, 0.25) is 5.88 Å². The number of aromatic nitrogens is 3. The predicted molar refractivity (Wildman–Crippen MR) is 88.1 cm³/mol. The van der Waals surface area contributed by atoms with E-state index in [0.29, 0.717) is 18.1 Å². The number of ether oxygens (including phenoxy) is 2. The highest BCUT2D eigenvalue weighted by atomic mass is 16.5.